The van der Waals surface area contributed by atoms with Crippen LogP contribution in [0.25, 0.3) is 0 Å². The Bertz CT molecular complexity index is 1790. The molecular formula is C47H77F6N5O24. The van der Waals surface area contributed by atoms with Crippen LogP contribution in [0.15, 0.2) is 0 Å². The Morgan fingerprint density at radius 3 is 1.16 bits per heavy atom. The van der Waals surface area contributed by atoms with Crippen molar-refractivity contribution in [3.8, 4) is 0 Å². The first-order valence-electron chi connectivity index (χ1n) is 26.5. The molecule has 5 saturated heterocycles. The van der Waals surface area contributed by atoms with E-state index in [9.17, 15) is 76.2 Å². The Labute approximate surface area is 466 Å². The minimum Gasteiger partial charge on any atom is -0.389 e. The highest BCUT2D eigenvalue weighted by Gasteiger charge is 2.62. The third-order valence-electron chi connectivity index (χ3n) is 13.3. The number of alkyl halides is 6. The van der Waals surface area contributed by atoms with Crippen molar-refractivity contribution in [2.75, 3.05) is 172 Å². The molecule has 29 nitrogen and oxygen atoms in total. The lowest BCUT2D eigenvalue weighted by Crippen LogP contribution is -2.67. The molecule has 4 amide bonds. The number of hydrogen-bond donors (Lipinski definition) is 10. The summed E-state index contributed by atoms with van der Waals surface area (Å²) in [6.45, 7) is 2.75. The van der Waals surface area contributed by atoms with Gasteiger partial charge in [-0.05, 0) is 0 Å². The summed E-state index contributed by atoms with van der Waals surface area (Å²) in [5, 5.41) is 70.6. The Kier molecular flexibility index (Phi) is 29.4. The van der Waals surface area contributed by atoms with Crippen LogP contribution >= 0.6 is 0 Å². The van der Waals surface area contributed by atoms with Crippen LogP contribution in [0.1, 0.15) is 12.8 Å². The standard InChI is InChI=1S/C47H77F6N5O24/c48-46(49,50)42(67)56-34-36(63)38(65)44(27-79-40(34)81-44)25-77-19-17-73-15-13-71-11-9-69-7-3-54-32(61)1-5-75-23-29(58-21-30(59)31(60)22-58)24-76-6-2-33(62)55-4-8-70-10-12-72-14-16-74-18-20-78-26-45-28-80-41(82-45)35(37(64)39(45)66)57-43(68)47(51,52)53/h29-31,34-41,59-60,63-66H,1-28H2,(H,54,61)(H,55,62)(H,56,67)(H,57,68)/t30-,31+,34-,35-,36+,37+,38+,39+,40-,41-,44-,45-/m0/s1. The summed E-state index contributed by atoms with van der Waals surface area (Å²) >= 11 is 0. The van der Waals surface area contributed by atoms with Gasteiger partial charge in [-0.15, -0.1) is 0 Å². The van der Waals surface area contributed by atoms with Gasteiger partial charge in [-0.3, -0.25) is 24.1 Å². The molecule has 5 rings (SSSR count). The molecule has 35 heteroatoms. The number of amides is 4. The second-order valence-electron chi connectivity index (χ2n) is 19.5. The first kappa shape index (κ1) is 69.4. The zero-order valence-corrected chi connectivity index (χ0v) is 44.9. The van der Waals surface area contributed by atoms with Crippen molar-refractivity contribution in [1.82, 2.24) is 26.2 Å². The minimum atomic E-state index is -5.21. The average molecular weight is 1210 g/mol. The van der Waals surface area contributed by atoms with Crippen LogP contribution < -0.4 is 21.3 Å². The van der Waals surface area contributed by atoms with Crippen molar-refractivity contribution in [3.05, 3.63) is 0 Å². The van der Waals surface area contributed by atoms with E-state index >= 15 is 0 Å². The molecule has 0 radical (unpaired) electrons. The number of aliphatic hydroxyl groups excluding tert-OH is 6. The van der Waals surface area contributed by atoms with Gasteiger partial charge in [0.2, 0.25) is 11.8 Å². The van der Waals surface area contributed by atoms with Crippen molar-refractivity contribution >= 4 is 23.6 Å². The van der Waals surface area contributed by atoms with Gasteiger partial charge in [0.15, 0.2) is 12.6 Å². The van der Waals surface area contributed by atoms with Gasteiger partial charge in [0, 0.05) is 39.0 Å². The van der Waals surface area contributed by atoms with Gasteiger partial charge < -0.3 is 118 Å². The molecule has 5 aliphatic heterocycles. The summed E-state index contributed by atoms with van der Waals surface area (Å²) in [4.78, 5) is 49.2. The van der Waals surface area contributed by atoms with Crippen LogP contribution in [0.5, 0.6) is 0 Å². The average Bonchev–Trinajstić information content (AvgIpc) is 3.32. The largest absolute Gasteiger partial charge is 0.471 e. The van der Waals surface area contributed by atoms with E-state index in [-0.39, 0.29) is 202 Å². The Morgan fingerprint density at radius 1 is 0.488 bits per heavy atom. The molecular weight excluding hydrogens is 1130 g/mol. The van der Waals surface area contributed by atoms with E-state index in [2.05, 4.69) is 10.6 Å². The van der Waals surface area contributed by atoms with Gasteiger partial charge in [-0.25, -0.2) is 0 Å². The van der Waals surface area contributed by atoms with Crippen LogP contribution in [-0.2, 0) is 85.5 Å². The maximum atomic E-state index is 12.7. The summed E-state index contributed by atoms with van der Waals surface area (Å²) in [6.07, 6.45) is -22.1. The molecule has 82 heavy (non-hydrogen) atoms. The van der Waals surface area contributed by atoms with E-state index in [0.717, 1.165) is 0 Å². The second kappa shape index (κ2) is 34.7. The number of halogens is 6. The van der Waals surface area contributed by atoms with Gasteiger partial charge >= 0.3 is 24.2 Å². The molecule has 0 saturated carbocycles. The summed E-state index contributed by atoms with van der Waals surface area (Å²) < 4.78 is 153. The number of aliphatic hydroxyl groups is 6. The van der Waals surface area contributed by atoms with E-state index < -0.39 is 96.7 Å². The van der Waals surface area contributed by atoms with Crippen molar-refractivity contribution in [1.29, 1.82) is 0 Å². The fourth-order valence-electron chi connectivity index (χ4n) is 8.78. The lowest BCUT2D eigenvalue weighted by molar-refractivity contribution is -0.240. The third-order valence-corrected chi connectivity index (χ3v) is 13.3. The molecule has 0 spiro atoms. The summed E-state index contributed by atoms with van der Waals surface area (Å²) in [5.41, 5.74) is -3.10. The van der Waals surface area contributed by atoms with Crippen LogP contribution in [0, 0.1) is 0 Å². The molecule has 0 aliphatic carbocycles. The monoisotopic (exact) mass is 1210 g/mol. The maximum absolute atomic E-state index is 12.7. The van der Waals surface area contributed by atoms with Crippen molar-refractivity contribution in [2.45, 2.75) is 104 Å². The lowest BCUT2D eigenvalue weighted by atomic mass is 9.88. The number of ether oxygens (including phenoxy) is 14. The smallest absolute Gasteiger partial charge is 0.389 e. The summed E-state index contributed by atoms with van der Waals surface area (Å²) in [5.74, 6) is -5.17. The molecule has 476 valence electrons. The Balaban J connectivity index is 0.778. The number of carbonyl (C=O) groups excluding carboxylic acids is 4. The summed E-state index contributed by atoms with van der Waals surface area (Å²) in [6, 6.07) is -3.67. The van der Waals surface area contributed by atoms with E-state index in [1.165, 1.54) is 0 Å². The lowest BCUT2D eigenvalue weighted by Gasteiger charge is -2.42. The third kappa shape index (κ3) is 22.2. The van der Waals surface area contributed by atoms with Crippen LogP contribution in [0.3, 0.4) is 0 Å². The Hall–Kier alpha value is -3.38. The topological polar surface area (TPSA) is 370 Å². The molecule has 12 atom stereocenters. The van der Waals surface area contributed by atoms with Crippen molar-refractivity contribution in [3.63, 3.8) is 0 Å². The van der Waals surface area contributed by atoms with E-state index in [1.54, 1.807) is 10.6 Å². The van der Waals surface area contributed by atoms with Gasteiger partial charge in [0.05, 0.1) is 164 Å². The molecule has 5 fully saturated rings. The maximum Gasteiger partial charge on any atom is 0.471 e. The number of β-amino-alcohol motifs (C(OH)–C–C–N with tert-alkyl or cyclic N) is 2. The number of rotatable bonds is 41. The number of hydrogen-bond acceptors (Lipinski definition) is 25. The number of nitrogens with zero attached hydrogens (tertiary/aromatic N) is 1. The van der Waals surface area contributed by atoms with Crippen LogP contribution in [-0.4, -0.2) is 322 Å². The fraction of sp³-hybridized carbons (Fsp3) is 0.915. The van der Waals surface area contributed by atoms with Gasteiger partial charge in [-0.2, -0.15) is 26.3 Å². The van der Waals surface area contributed by atoms with Gasteiger partial charge in [0.1, 0.15) is 47.7 Å². The van der Waals surface area contributed by atoms with E-state index in [1.807, 2.05) is 4.90 Å². The number of fused-ring (bicyclic) bond motifs is 4. The van der Waals surface area contributed by atoms with E-state index in [0.29, 0.717) is 0 Å². The predicted molar refractivity (Wildman–Crippen MR) is 258 cm³/mol. The van der Waals surface area contributed by atoms with Gasteiger partial charge in [-0.1, -0.05) is 0 Å². The van der Waals surface area contributed by atoms with Gasteiger partial charge in [0.25, 0.3) is 0 Å². The number of nitrogens with one attached hydrogen (secondary N) is 4. The molecule has 10 N–H and O–H groups in total. The predicted octanol–water partition coefficient (Wildman–Crippen LogP) is -5.64. The molecule has 0 aromatic rings. The van der Waals surface area contributed by atoms with Crippen molar-refractivity contribution < 1.29 is 142 Å². The molecule has 5 heterocycles. The normalized spacial score (nSPS) is 29.1. The number of carbonyl (C=O) groups is 4. The molecule has 5 aliphatic rings. The highest BCUT2D eigenvalue weighted by molar-refractivity contribution is 5.82. The fourth-order valence-corrected chi connectivity index (χ4v) is 8.78. The number of likely N-dealkylation sites (tertiary alicyclic amines) is 1. The molecule has 0 aromatic heterocycles. The highest BCUT2D eigenvalue weighted by atomic mass is 19.4. The highest BCUT2D eigenvalue weighted by Crippen LogP contribution is 2.39. The molecule has 0 unspecified atom stereocenters. The Morgan fingerprint density at radius 2 is 0.817 bits per heavy atom. The SMILES string of the molecule is O=C(CCOCC(COCCC(=O)NCCOCCOCCOCCOC[C@@]12CO[C@@H](O1)[C@@H](NC(=O)C(F)(F)F)[C@@H](O)[C@H]2O)N1C[C@@H](O)[C@@H](O)C1)NCCOCCOCCOCCOC[C@@]12CO[C@@H](O1)[C@@H](NC(=O)C(F)(F)F)[C@@H](O)[C@H]2O. The van der Waals surface area contributed by atoms with Crippen LogP contribution in [0.4, 0.5) is 26.3 Å². The van der Waals surface area contributed by atoms with Crippen molar-refractivity contribution in [2.24, 2.45) is 0 Å². The summed E-state index contributed by atoms with van der Waals surface area (Å²) in [7, 11) is 0. The minimum absolute atomic E-state index is 0.0408. The first-order chi connectivity index (χ1) is 39.1. The first-order valence-corrected chi connectivity index (χ1v) is 26.5. The van der Waals surface area contributed by atoms with Crippen LogP contribution in [0.2, 0.25) is 0 Å². The van der Waals surface area contributed by atoms with E-state index in [4.69, 9.17) is 66.3 Å². The quantitative estimate of drug-likeness (QED) is 0.0202. The second-order valence-corrected chi connectivity index (χ2v) is 19.5. The zero-order chi connectivity index (χ0) is 59.8. The zero-order valence-electron chi connectivity index (χ0n) is 44.9. The molecule has 4 bridgehead atoms. The molecule has 0 aromatic carbocycles.